The van der Waals surface area contributed by atoms with E-state index < -0.39 is 12.0 Å². The van der Waals surface area contributed by atoms with Crippen molar-refractivity contribution >= 4 is 17.7 Å². The molecule has 0 spiro atoms. The highest BCUT2D eigenvalue weighted by atomic mass is 16.5. The van der Waals surface area contributed by atoms with E-state index >= 15 is 0 Å². The summed E-state index contributed by atoms with van der Waals surface area (Å²) in [5, 5.41) is 5.62. The highest BCUT2D eigenvalue weighted by Crippen LogP contribution is 2.08. The summed E-state index contributed by atoms with van der Waals surface area (Å²) in [5.74, 6) is -0.480. The van der Waals surface area contributed by atoms with Gasteiger partial charge in [-0.2, -0.15) is 0 Å². The lowest BCUT2D eigenvalue weighted by atomic mass is 10.3. The van der Waals surface area contributed by atoms with E-state index in [1.165, 1.54) is 7.11 Å². The molecule has 0 saturated heterocycles. The maximum atomic E-state index is 11.8. The van der Waals surface area contributed by atoms with Crippen molar-refractivity contribution in [3.05, 3.63) is 17.6 Å². The number of aromatic nitrogens is 2. The van der Waals surface area contributed by atoms with E-state index in [4.69, 9.17) is 4.74 Å². The number of methoxy groups -OCH3 is 2. The average molecular weight is 296 g/mol. The fourth-order valence-corrected chi connectivity index (χ4v) is 1.54. The molecule has 116 valence electrons. The van der Waals surface area contributed by atoms with Crippen LogP contribution in [0.1, 0.15) is 23.2 Å². The first-order chi connectivity index (χ1) is 9.97. The Morgan fingerprint density at radius 3 is 2.67 bits per heavy atom. The Morgan fingerprint density at radius 1 is 1.33 bits per heavy atom. The van der Waals surface area contributed by atoms with Gasteiger partial charge in [0.1, 0.15) is 11.9 Å². The van der Waals surface area contributed by atoms with Gasteiger partial charge in [0.05, 0.1) is 13.7 Å². The molecule has 0 fully saturated rings. The number of ether oxygens (including phenoxy) is 2. The molecule has 1 aromatic rings. The van der Waals surface area contributed by atoms with Gasteiger partial charge in [0, 0.05) is 25.4 Å². The molecule has 8 heteroatoms. The largest absolute Gasteiger partial charge is 0.463 e. The molecule has 2 N–H and O–H groups in total. The van der Waals surface area contributed by atoms with Crippen molar-refractivity contribution in [3.63, 3.8) is 0 Å². The van der Waals surface area contributed by atoms with Crippen LogP contribution in [0.25, 0.3) is 0 Å². The number of carbonyl (C=O) groups excluding carboxylic acids is 2. The van der Waals surface area contributed by atoms with Gasteiger partial charge >= 0.3 is 5.97 Å². The minimum atomic E-state index is -0.626. The minimum absolute atomic E-state index is 0.0491. The Hall–Kier alpha value is -2.22. The fraction of sp³-hybridized carbons (Fsp3) is 0.538. The molecule has 1 atom stereocenters. The number of esters is 1. The summed E-state index contributed by atoms with van der Waals surface area (Å²) in [7, 11) is 2.82. The third-order valence-corrected chi connectivity index (χ3v) is 2.59. The fourth-order valence-electron chi connectivity index (χ4n) is 1.54. The van der Waals surface area contributed by atoms with Gasteiger partial charge in [0.25, 0.3) is 0 Å². The van der Waals surface area contributed by atoms with Gasteiger partial charge in [-0.05, 0) is 13.8 Å². The van der Waals surface area contributed by atoms with Crippen LogP contribution >= 0.6 is 0 Å². The van der Waals surface area contributed by atoms with E-state index in [0.29, 0.717) is 24.7 Å². The molecule has 1 aromatic heterocycles. The molecule has 0 aliphatic heterocycles. The second-order valence-electron chi connectivity index (χ2n) is 4.36. The predicted molar refractivity (Wildman–Crippen MR) is 76.1 cm³/mol. The molecular formula is C13H20N4O4. The van der Waals surface area contributed by atoms with Crippen molar-refractivity contribution in [2.45, 2.75) is 19.9 Å². The van der Waals surface area contributed by atoms with E-state index in [9.17, 15) is 9.59 Å². The standard InChI is InChI=1S/C13H20N4O4/c1-8-7-10(17-11(15-8)13(19)21-4)16-9(2)12(18)14-5-6-20-3/h7,9H,5-6H2,1-4H3,(H,14,18)(H,15,16,17). The lowest BCUT2D eigenvalue weighted by Gasteiger charge is -2.15. The van der Waals surface area contributed by atoms with Crippen LogP contribution in [0.4, 0.5) is 5.82 Å². The van der Waals surface area contributed by atoms with Crippen LogP contribution in [-0.2, 0) is 14.3 Å². The minimum Gasteiger partial charge on any atom is -0.463 e. The Bertz CT molecular complexity index is 507. The van der Waals surface area contributed by atoms with E-state index in [1.807, 2.05) is 0 Å². The predicted octanol–water partition coefficient (Wildman–Crippen LogP) is 0.135. The van der Waals surface area contributed by atoms with Gasteiger partial charge < -0.3 is 20.1 Å². The Morgan fingerprint density at radius 2 is 2.05 bits per heavy atom. The van der Waals surface area contributed by atoms with Crippen LogP contribution in [0.15, 0.2) is 6.07 Å². The van der Waals surface area contributed by atoms with Gasteiger partial charge in [-0.3, -0.25) is 4.79 Å². The molecule has 0 bridgehead atoms. The Labute approximate surface area is 123 Å². The van der Waals surface area contributed by atoms with Crippen LogP contribution < -0.4 is 10.6 Å². The number of nitrogens with one attached hydrogen (secondary N) is 2. The Balaban J connectivity index is 2.71. The van der Waals surface area contributed by atoms with Gasteiger partial charge in [-0.25, -0.2) is 14.8 Å². The zero-order valence-electron chi connectivity index (χ0n) is 12.6. The van der Waals surface area contributed by atoms with Crippen LogP contribution in [0.3, 0.4) is 0 Å². The molecule has 21 heavy (non-hydrogen) atoms. The first kappa shape index (κ1) is 16.8. The summed E-state index contributed by atoms with van der Waals surface area (Å²) in [6.07, 6.45) is 0. The van der Waals surface area contributed by atoms with Crippen molar-refractivity contribution in [1.29, 1.82) is 0 Å². The molecule has 0 aliphatic carbocycles. The highest BCUT2D eigenvalue weighted by Gasteiger charge is 2.16. The van der Waals surface area contributed by atoms with E-state index in [1.54, 1.807) is 27.0 Å². The topological polar surface area (TPSA) is 102 Å². The number of nitrogens with zero attached hydrogens (tertiary/aromatic N) is 2. The molecule has 8 nitrogen and oxygen atoms in total. The van der Waals surface area contributed by atoms with Crippen molar-refractivity contribution in [1.82, 2.24) is 15.3 Å². The van der Waals surface area contributed by atoms with Gasteiger partial charge in [0.2, 0.25) is 11.7 Å². The number of carbonyl (C=O) groups is 2. The summed E-state index contributed by atoms with van der Waals surface area (Å²) in [6.45, 7) is 4.29. The number of rotatable bonds is 7. The summed E-state index contributed by atoms with van der Waals surface area (Å²) in [4.78, 5) is 31.3. The van der Waals surface area contributed by atoms with Crippen molar-refractivity contribution < 1.29 is 19.1 Å². The normalized spacial score (nSPS) is 11.6. The van der Waals surface area contributed by atoms with Crippen molar-refractivity contribution in [2.75, 3.05) is 32.7 Å². The van der Waals surface area contributed by atoms with Crippen LogP contribution in [0.5, 0.6) is 0 Å². The number of aryl methyl sites for hydroxylation is 1. The summed E-state index contributed by atoms with van der Waals surface area (Å²) in [5.41, 5.74) is 0.597. The number of anilines is 1. The van der Waals surface area contributed by atoms with Crippen molar-refractivity contribution in [2.24, 2.45) is 0 Å². The molecule has 0 radical (unpaired) electrons. The summed E-state index contributed by atoms with van der Waals surface area (Å²) >= 11 is 0. The maximum Gasteiger partial charge on any atom is 0.376 e. The number of amides is 1. The second kappa shape index (κ2) is 8.15. The summed E-state index contributed by atoms with van der Waals surface area (Å²) in [6, 6.07) is 1.13. The maximum absolute atomic E-state index is 11.8. The quantitative estimate of drug-likeness (QED) is 0.545. The molecule has 1 heterocycles. The molecule has 1 amide bonds. The molecule has 1 rings (SSSR count). The van der Waals surface area contributed by atoms with Gasteiger partial charge in [-0.1, -0.05) is 0 Å². The van der Waals surface area contributed by atoms with Crippen molar-refractivity contribution in [3.8, 4) is 0 Å². The molecule has 0 aliphatic rings. The zero-order valence-corrected chi connectivity index (χ0v) is 12.6. The molecule has 1 unspecified atom stereocenters. The van der Waals surface area contributed by atoms with E-state index in [0.717, 1.165) is 0 Å². The van der Waals surface area contributed by atoms with E-state index in [-0.39, 0.29) is 11.7 Å². The first-order valence-corrected chi connectivity index (χ1v) is 6.45. The third-order valence-electron chi connectivity index (χ3n) is 2.59. The van der Waals surface area contributed by atoms with Crippen LogP contribution in [0.2, 0.25) is 0 Å². The Kier molecular flexibility index (Phi) is 6.54. The van der Waals surface area contributed by atoms with Gasteiger partial charge in [0.15, 0.2) is 0 Å². The van der Waals surface area contributed by atoms with Gasteiger partial charge in [-0.15, -0.1) is 0 Å². The smallest absolute Gasteiger partial charge is 0.376 e. The zero-order chi connectivity index (χ0) is 15.8. The second-order valence-corrected chi connectivity index (χ2v) is 4.36. The molecular weight excluding hydrogens is 276 g/mol. The van der Waals surface area contributed by atoms with Crippen LogP contribution in [-0.4, -0.2) is 55.3 Å². The summed E-state index contributed by atoms with van der Waals surface area (Å²) < 4.78 is 9.43. The lowest BCUT2D eigenvalue weighted by Crippen LogP contribution is -2.39. The number of hydrogen-bond acceptors (Lipinski definition) is 7. The number of hydrogen-bond donors (Lipinski definition) is 2. The molecule has 0 aromatic carbocycles. The molecule has 0 saturated carbocycles. The highest BCUT2D eigenvalue weighted by molar-refractivity contribution is 5.86. The van der Waals surface area contributed by atoms with Crippen LogP contribution in [0, 0.1) is 6.92 Å². The SMILES string of the molecule is COCCNC(=O)C(C)Nc1cc(C)nc(C(=O)OC)n1. The lowest BCUT2D eigenvalue weighted by molar-refractivity contribution is -0.121. The monoisotopic (exact) mass is 296 g/mol. The average Bonchev–Trinajstić information content (AvgIpc) is 2.45. The van der Waals surface area contributed by atoms with E-state index in [2.05, 4.69) is 25.3 Å². The first-order valence-electron chi connectivity index (χ1n) is 6.45. The third kappa shape index (κ3) is 5.35.